The molecule has 0 saturated heterocycles. The summed E-state index contributed by atoms with van der Waals surface area (Å²) in [4.78, 5) is 0. The lowest BCUT2D eigenvalue weighted by Gasteiger charge is -2.07. The van der Waals surface area contributed by atoms with Gasteiger partial charge in [-0.25, -0.2) is 0 Å². The van der Waals surface area contributed by atoms with Gasteiger partial charge in [-0.1, -0.05) is 27.2 Å². The average molecular weight is 176 g/mol. The summed E-state index contributed by atoms with van der Waals surface area (Å²) in [6.07, 6.45) is 2.60. The topological polar surface area (TPSA) is 20.2 Å². The van der Waals surface area contributed by atoms with Gasteiger partial charge >= 0.3 is 0 Å². The molecule has 0 amide bonds. The van der Waals surface area contributed by atoms with E-state index in [1.54, 1.807) is 0 Å². The SMILES string of the molecule is CC(C)CCCSC(C)CO. The molecule has 0 aliphatic carbocycles. The normalized spacial score (nSPS) is 13.9. The quantitative estimate of drug-likeness (QED) is 0.628. The molecule has 0 aromatic rings. The summed E-state index contributed by atoms with van der Waals surface area (Å²) < 4.78 is 0. The van der Waals surface area contributed by atoms with Crippen molar-refractivity contribution in [1.82, 2.24) is 0 Å². The molecule has 0 spiro atoms. The molecule has 1 nitrogen and oxygen atoms in total. The van der Waals surface area contributed by atoms with E-state index in [0.717, 1.165) is 5.92 Å². The van der Waals surface area contributed by atoms with E-state index in [1.165, 1.54) is 18.6 Å². The smallest absolute Gasteiger partial charge is 0.0547 e. The van der Waals surface area contributed by atoms with Gasteiger partial charge in [0.2, 0.25) is 0 Å². The van der Waals surface area contributed by atoms with E-state index in [4.69, 9.17) is 5.11 Å². The molecule has 0 aromatic heterocycles. The van der Waals surface area contributed by atoms with Gasteiger partial charge in [0.25, 0.3) is 0 Å². The average Bonchev–Trinajstić information content (AvgIpc) is 1.97. The predicted molar refractivity (Wildman–Crippen MR) is 53.1 cm³/mol. The van der Waals surface area contributed by atoms with E-state index in [1.807, 2.05) is 11.8 Å². The highest BCUT2D eigenvalue weighted by molar-refractivity contribution is 7.99. The van der Waals surface area contributed by atoms with Crippen LogP contribution in [0.15, 0.2) is 0 Å². The van der Waals surface area contributed by atoms with Crippen molar-refractivity contribution < 1.29 is 5.11 Å². The Hall–Kier alpha value is 0.310. The lowest BCUT2D eigenvalue weighted by Crippen LogP contribution is -2.03. The molecule has 0 radical (unpaired) electrons. The predicted octanol–water partition coefficient (Wildman–Crippen LogP) is 2.54. The second-order valence-electron chi connectivity index (χ2n) is 3.40. The number of rotatable bonds is 6. The van der Waals surface area contributed by atoms with Gasteiger partial charge in [-0.15, -0.1) is 0 Å². The molecule has 0 bridgehead atoms. The molecule has 2 heteroatoms. The fourth-order valence-corrected chi connectivity index (χ4v) is 1.67. The van der Waals surface area contributed by atoms with Crippen LogP contribution < -0.4 is 0 Å². The second-order valence-corrected chi connectivity index (χ2v) is 4.95. The van der Waals surface area contributed by atoms with Crippen LogP contribution >= 0.6 is 11.8 Å². The molecule has 0 fully saturated rings. The first-order chi connectivity index (χ1) is 5.16. The molecule has 68 valence electrons. The number of aliphatic hydroxyl groups is 1. The Labute approximate surface area is 74.6 Å². The highest BCUT2D eigenvalue weighted by Crippen LogP contribution is 2.13. The van der Waals surface area contributed by atoms with Crippen molar-refractivity contribution in [2.24, 2.45) is 5.92 Å². The van der Waals surface area contributed by atoms with Gasteiger partial charge in [-0.2, -0.15) is 11.8 Å². The Balaban J connectivity index is 3.01. The molecule has 1 atom stereocenters. The van der Waals surface area contributed by atoms with Crippen LogP contribution in [0.1, 0.15) is 33.6 Å². The lowest BCUT2D eigenvalue weighted by atomic mass is 10.1. The van der Waals surface area contributed by atoms with Crippen molar-refractivity contribution in [3.63, 3.8) is 0 Å². The van der Waals surface area contributed by atoms with Crippen molar-refractivity contribution in [2.75, 3.05) is 12.4 Å². The summed E-state index contributed by atoms with van der Waals surface area (Å²) in [6.45, 7) is 6.88. The minimum atomic E-state index is 0.312. The zero-order valence-electron chi connectivity index (χ0n) is 7.84. The molecular weight excluding hydrogens is 156 g/mol. The third-order valence-corrected chi connectivity index (χ3v) is 2.83. The summed E-state index contributed by atoms with van der Waals surface area (Å²) in [5, 5.41) is 9.14. The minimum Gasteiger partial charge on any atom is -0.395 e. The zero-order valence-corrected chi connectivity index (χ0v) is 8.66. The van der Waals surface area contributed by atoms with Crippen molar-refractivity contribution in [3.05, 3.63) is 0 Å². The lowest BCUT2D eigenvalue weighted by molar-refractivity contribution is 0.300. The van der Waals surface area contributed by atoms with Crippen LogP contribution in [-0.4, -0.2) is 22.7 Å². The molecule has 1 N–H and O–H groups in total. The summed E-state index contributed by atoms with van der Waals surface area (Å²) in [5.74, 6) is 2.01. The van der Waals surface area contributed by atoms with E-state index in [9.17, 15) is 0 Å². The first kappa shape index (κ1) is 11.3. The van der Waals surface area contributed by atoms with Crippen molar-refractivity contribution in [2.45, 2.75) is 38.9 Å². The Morgan fingerprint density at radius 2 is 1.91 bits per heavy atom. The van der Waals surface area contributed by atoms with Crippen LogP contribution in [-0.2, 0) is 0 Å². The van der Waals surface area contributed by atoms with Crippen LogP contribution in [0.2, 0.25) is 0 Å². The first-order valence-electron chi connectivity index (χ1n) is 4.39. The highest BCUT2D eigenvalue weighted by atomic mass is 32.2. The maximum Gasteiger partial charge on any atom is 0.0547 e. The third kappa shape index (κ3) is 8.21. The molecule has 0 heterocycles. The van der Waals surface area contributed by atoms with Crippen LogP contribution in [0.5, 0.6) is 0 Å². The molecule has 0 rings (SSSR count). The van der Waals surface area contributed by atoms with Crippen molar-refractivity contribution >= 4 is 11.8 Å². The molecule has 0 aliphatic heterocycles. The van der Waals surface area contributed by atoms with Gasteiger partial charge in [0.15, 0.2) is 0 Å². The molecule has 0 aliphatic rings. The van der Waals surface area contributed by atoms with Gasteiger partial charge in [0, 0.05) is 5.25 Å². The largest absolute Gasteiger partial charge is 0.395 e. The fraction of sp³-hybridized carbons (Fsp3) is 1.00. The Kier molecular flexibility index (Phi) is 7.18. The monoisotopic (exact) mass is 176 g/mol. The van der Waals surface area contributed by atoms with Gasteiger partial charge in [-0.05, 0) is 18.1 Å². The molecular formula is C9H20OS. The number of hydrogen-bond donors (Lipinski definition) is 1. The molecule has 0 aromatic carbocycles. The number of thioether (sulfide) groups is 1. The first-order valence-corrected chi connectivity index (χ1v) is 5.44. The van der Waals surface area contributed by atoms with E-state index < -0.39 is 0 Å². The Bertz CT molecular complexity index is 83.6. The van der Waals surface area contributed by atoms with Gasteiger partial charge in [0.1, 0.15) is 0 Å². The van der Waals surface area contributed by atoms with E-state index in [2.05, 4.69) is 20.8 Å². The maximum atomic E-state index is 8.72. The van der Waals surface area contributed by atoms with E-state index in [-0.39, 0.29) is 0 Å². The van der Waals surface area contributed by atoms with Gasteiger partial charge in [0.05, 0.1) is 6.61 Å². The number of aliphatic hydroxyl groups excluding tert-OH is 1. The summed E-state index contributed by atoms with van der Waals surface area (Å²) >= 11 is 1.87. The Morgan fingerprint density at radius 1 is 1.27 bits per heavy atom. The van der Waals surface area contributed by atoms with Crippen LogP contribution in [0.4, 0.5) is 0 Å². The summed E-state index contributed by atoms with van der Waals surface area (Å²) in [5.41, 5.74) is 0. The van der Waals surface area contributed by atoms with Crippen molar-refractivity contribution in [3.8, 4) is 0 Å². The van der Waals surface area contributed by atoms with Gasteiger partial charge < -0.3 is 5.11 Å². The zero-order chi connectivity index (χ0) is 8.69. The molecule has 1 unspecified atom stereocenters. The second kappa shape index (κ2) is 6.99. The van der Waals surface area contributed by atoms with Gasteiger partial charge in [-0.3, -0.25) is 0 Å². The Morgan fingerprint density at radius 3 is 2.36 bits per heavy atom. The van der Waals surface area contributed by atoms with E-state index >= 15 is 0 Å². The summed E-state index contributed by atoms with van der Waals surface area (Å²) in [6, 6.07) is 0. The van der Waals surface area contributed by atoms with E-state index in [0.29, 0.717) is 11.9 Å². The van der Waals surface area contributed by atoms with Crippen LogP contribution in [0.3, 0.4) is 0 Å². The maximum absolute atomic E-state index is 8.72. The van der Waals surface area contributed by atoms with Crippen LogP contribution in [0.25, 0.3) is 0 Å². The van der Waals surface area contributed by atoms with Crippen molar-refractivity contribution in [1.29, 1.82) is 0 Å². The number of hydrogen-bond acceptors (Lipinski definition) is 2. The molecule has 11 heavy (non-hydrogen) atoms. The fourth-order valence-electron chi connectivity index (χ4n) is 0.829. The standard InChI is InChI=1S/C9H20OS/c1-8(2)5-4-6-11-9(3)7-10/h8-10H,4-7H2,1-3H3. The minimum absolute atomic E-state index is 0.312. The van der Waals surface area contributed by atoms with Crippen LogP contribution in [0, 0.1) is 5.92 Å². The highest BCUT2D eigenvalue weighted by Gasteiger charge is 1.99. The molecule has 0 saturated carbocycles. The summed E-state index contributed by atoms with van der Waals surface area (Å²) in [7, 11) is 0. The third-order valence-electron chi connectivity index (χ3n) is 1.59.